The number of aryl methyl sites for hydroxylation is 1. The zero-order valence-corrected chi connectivity index (χ0v) is 11.7. The van der Waals surface area contributed by atoms with Gasteiger partial charge in [0, 0.05) is 23.4 Å². The topological polar surface area (TPSA) is 99.8 Å². The van der Waals surface area contributed by atoms with E-state index >= 15 is 0 Å². The third-order valence-corrected chi connectivity index (χ3v) is 3.12. The number of ether oxygens (including phenoxy) is 1. The lowest BCUT2D eigenvalue weighted by molar-refractivity contribution is -0.307. The molecule has 2 rings (SSSR count). The molecule has 6 nitrogen and oxygen atoms in total. The first-order chi connectivity index (χ1) is 9.88. The molecule has 0 amide bonds. The Labute approximate surface area is 120 Å². The molecular weight excluding hydrogens is 276 g/mol. The molecule has 1 atom stereocenters. The van der Waals surface area contributed by atoms with Crippen LogP contribution in [0.15, 0.2) is 27.4 Å². The van der Waals surface area contributed by atoms with Crippen LogP contribution in [0.3, 0.4) is 0 Å². The van der Waals surface area contributed by atoms with Crippen LogP contribution in [0.25, 0.3) is 11.0 Å². The van der Waals surface area contributed by atoms with Gasteiger partial charge in [0.25, 0.3) is 0 Å². The van der Waals surface area contributed by atoms with Crippen molar-refractivity contribution in [2.24, 2.45) is 0 Å². The van der Waals surface area contributed by atoms with Crippen LogP contribution >= 0.6 is 0 Å². The smallest absolute Gasteiger partial charge is 0.339 e. The fraction of sp³-hybridized carbons (Fsp3) is 0.333. The Morgan fingerprint density at radius 3 is 2.81 bits per heavy atom. The number of carbonyl (C=O) groups excluding carboxylic acids is 1. The molecule has 0 saturated heterocycles. The number of fused-ring (bicyclic) bond motifs is 1. The Morgan fingerprint density at radius 1 is 1.48 bits per heavy atom. The predicted octanol–water partition coefficient (Wildman–Crippen LogP) is 0.153. The molecule has 2 aromatic rings. The molecule has 0 saturated carbocycles. The standard InChI is InChI=1S/C15H16O6/c1-8(16)5-12-9(2)11-4-3-10(20-7-14(17)18)6-13(11)21-15(12)19/h3-4,6,8,16H,5,7H2,1-2H3,(H,17,18)/p-1/t8-/m0/s1. The minimum atomic E-state index is -1.33. The zero-order chi connectivity index (χ0) is 15.6. The number of aliphatic hydroxyl groups excluding tert-OH is 1. The van der Waals surface area contributed by atoms with Gasteiger partial charge in [-0.3, -0.25) is 0 Å². The third-order valence-electron chi connectivity index (χ3n) is 3.12. The van der Waals surface area contributed by atoms with Gasteiger partial charge in [0.1, 0.15) is 17.9 Å². The number of benzene rings is 1. The largest absolute Gasteiger partial charge is 0.546 e. The maximum atomic E-state index is 11.9. The van der Waals surface area contributed by atoms with Crippen LogP contribution in [0, 0.1) is 6.92 Å². The second-order valence-electron chi connectivity index (χ2n) is 4.86. The molecule has 1 heterocycles. The molecule has 1 aromatic heterocycles. The normalized spacial score (nSPS) is 12.3. The number of rotatable bonds is 5. The number of aliphatic hydroxyl groups is 1. The number of carboxylic acids is 1. The Balaban J connectivity index is 2.46. The third kappa shape index (κ3) is 3.41. The van der Waals surface area contributed by atoms with E-state index in [0.29, 0.717) is 16.5 Å². The van der Waals surface area contributed by atoms with Gasteiger partial charge in [-0.15, -0.1) is 0 Å². The molecule has 0 unspecified atom stereocenters. The van der Waals surface area contributed by atoms with Gasteiger partial charge in [0.2, 0.25) is 0 Å². The number of carbonyl (C=O) groups is 1. The first-order valence-corrected chi connectivity index (χ1v) is 6.45. The van der Waals surface area contributed by atoms with Gasteiger partial charge < -0.3 is 24.2 Å². The SMILES string of the molecule is Cc1c(C[C@H](C)O)c(=O)oc2cc(OCC(=O)[O-])ccc12. The van der Waals surface area contributed by atoms with Gasteiger partial charge in [-0.1, -0.05) is 0 Å². The van der Waals surface area contributed by atoms with Crippen molar-refractivity contribution in [3.63, 3.8) is 0 Å². The van der Waals surface area contributed by atoms with Gasteiger partial charge >= 0.3 is 5.63 Å². The van der Waals surface area contributed by atoms with E-state index in [1.54, 1.807) is 26.0 Å². The van der Waals surface area contributed by atoms with Crippen LogP contribution < -0.4 is 15.5 Å². The number of carboxylic acid groups (broad SMARTS) is 1. The summed E-state index contributed by atoms with van der Waals surface area (Å²) in [7, 11) is 0. The number of hydrogen-bond donors (Lipinski definition) is 1. The van der Waals surface area contributed by atoms with Crippen molar-refractivity contribution in [3.8, 4) is 5.75 Å². The molecule has 0 bridgehead atoms. The van der Waals surface area contributed by atoms with E-state index in [0.717, 1.165) is 5.56 Å². The van der Waals surface area contributed by atoms with Gasteiger partial charge in [-0.05, 0) is 31.5 Å². The quantitative estimate of drug-likeness (QED) is 0.787. The second kappa shape index (κ2) is 5.97. The summed E-state index contributed by atoms with van der Waals surface area (Å²) in [4.78, 5) is 22.3. The summed E-state index contributed by atoms with van der Waals surface area (Å²) in [6.07, 6.45) is -0.428. The van der Waals surface area contributed by atoms with Gasteiger partial charge in [-0.2, -0.15) is 0 Å². The summed E-state index contributed by atoms with van der Waals surface area (Å²) in [6.45, 7) is 2.80. The van der Waals surface area contributed by atoms with Crippen LogP contribution in [-0.4, -0.2) is 23.8 Å². The van der Waals surface area contributed by atoms with Crippen LogP contribution in [0.5, 0.6) is 5.75 Å². The van der Waals surface area contributed by atoms with Crippen LogP contribution in [0.4, 0.5) is 0 Å². The number of aliphatic carboxylic acids is 1. The van der Waals surface area contributed by atoms with E-state index in [4.69, 9.17) is 9.15 Å². The van der Waals surface area contributed by atoms with Gasteiger partial charge in [0.15, 0.2) is 0 Å². The van der Waals surface area contributed by atoms with Crippen molar-refractivity contribution < 1.29 is 24.2 Å². The summed E-state index contributed by atoms with van der Waals surface area (Å²) in [5.41, 5.74) is 0.954. The Bertz CT molecular complexity index is 729. The van der Waals surface area contributed by atoms with E-state index in [1.165, 1.54) is 6.07 Å². The highest BCUT2D eigenvalue weighted by Gasteiger charge is 2.13. The highest BCUT2D eigenvalue weighted by molar-refractivity contribution is 5.82. The van der Waals surface area contributed by atoms with Gasteiger partial charge in [-0.25, -0.2) is 4.79 Å². The summed E-state index contributed by atoms with van der Waals surface area (Å²) < 4.78 is 10.2. The molecule has 1 N–H and O–H groups in total. The average molecular weight is 291 g/mol. The van der Waals surface area contributed by atoms with Crippen molar-refractivity contribution in [1.82, 2.24) is 0 Å². The van der Waals surface area contributed by atoms with Crippen molar-refractivity contribution in [3.05, 3.63) is 39.7 Å². The van der Waals surface area contributed by atoms with E-state index in [1.807, 2.05) is 0 Å². The lowest BCUT2D eigenvalue weighted by Gasteiger charge is -2.11. The number of hydrogen-bond acceptors (Lipinski definition) is 6. The van der Waals surface area contributed by atoms with E-state index in [9.17, 15) is 19.8 Å². The maximum Gasteiger partial charge on any atom is 0.339 e. The summed E-state index contributed by atoms with van der Waals surface area (Å²) in [6, 6.07) is 4.73. The molecule has 21 heavy (non-hydrogen) atoms. The molecule has 0 radical (unpaired) electrons. The maximum absolute atomic E-state index is 11.9. The average Bonchev–Trinajstić information content (AvgIpc) is 2.40. The van der Waals surface area contributed by atoms with Crippen molar-refractivity contribution in [2.45, 2.75) is 26.4 Å². The zero-order valence-electron chi connectivity index (χ0n) is 11.7. The summed E-state index contributed by atoms with van der Waals surface area (Å²) in [5, 5.41) is 20.5. The van der Waals surface area contributed by atoms with Crippen molar-refractivity contribution >= 4 is 16.9 Å². The van der Waals surface area contributed by atoms with Crippen LogP contribution in [-0.2, 0) is 11.2 Å². The molecule has 0 fully saturated rings. The Hall–Kier alpha value is -2.34. The highest BCUT2D eigenvalue weighted by Crippen LogP contribution is 2.24. The second-order valence-corrected chi connectivity index (χ2v) is 4.86. The first kappa shape index (κ1) is 15.1. The predicted molar refractivity (Wildman–Crippen MR) is 73.1 cm³/mol. The molecule has 0 aliphatic carbocycles. The fourth-order valence-electron chi connectivity index (χ4n) is 2.14. The van der Waals surface area contributed by atoms with E-state index in [-0.39, 0.29) is 12.2 Å². The molecule has 112 valence electrons. The molecule has 0 aliphatic heterocycles. The van der Waals surface area contributed by atoms with Crippen molar-refractivity contribution in [2.75, 3.05) is 6.61 Å². The minimum absolute atomic E-state index is 0.215. The first-order valence-electron chi connectivity index (χ1n) is 6.45. The van der Waals surface area contributed by atoms with E-state index in [2.05, 4.69) is 0 Å². The van der Waals surface area contributed by atoms with Crippen molar-refractivity contribution in [1.29, 1.82) is 0 Å². The lowest BCUT2D eigenvalue weighted by Crippen LogP contribution is -2.28. The summed E-state index contributed by atoms with van der Waals surface area (Å²) in [5.74, 6) is -1.06. The van der Waals surface area contributed by atoms with Crippen LogP contribution in [0.1, 0.15) is 18.1 Å². The fourth-order valence-corrected chi connectivity index (χ4v) is 2.14. The molecule has 6 heteroatoms. The van der Waals surface area contributed by atoms with E-state index < -0.39 is 24.3 Å². The summed E-state index contributed by atoms with van der Waals surface area (Å²) >= 11 is 0. The Kier molecular flexibility index (Phi) is 4.28. The lowest BCUT2D eigenvalue weighted by atomic mass is 10.0. The highest BCUT2D eigenvalue weighted by atomic mass is 16.5. The monoisotopic (exact) mass is 291 g/mol. The molecular formula is C15H15O6-. The molecule has 1 aromatic carbocycles. The Morgan fingerprint density at radius 2 is 2.19 bits per heavy atom. The minimum Gasteiger partial charge on any atom is -0.546 e. The van der Waals surface area contributed by atoms with Gasteiger partial charge in [0.05, 0.1) is 12.1 Å². The molecule has 0 aliphatic rings. The van der Waals surface area contributed by atoms with Crippen LogP contribution in [0.2, 0.25) is 0 Å². The molecule has 0 spiro atoms.